The maximum absolute atomic E-state index is 12.6. The SMILES string of the molecule is O=C1c2ccccc2C(O)(C(c2ccc(Cl)cc2)c2ccc(Cl)cc2)N1O. The number of hydrogen-bond acceptors (Lipinski definition) is 3. The molecule has 4 nitrogen and oxygen atoms in total. The first-order valence-electron chi connectivity index (χ1n) is 8.29. The van der Waals surface area contributed by atoms with Crippen molar-refractivity contribution >= 4 is 29.1 Å². The summed E-state index contributed by atoms with van der Waals surface area (Å²) in [7, 11) is 0. The fourth-order valence-corrected chi connectivity index (χ4v) is 3.87. The zero-order chi connectivity index (χ0) is 19.2. The number of hydroxylamine groups is 2. The molecule has 0 bridgehead atoms. The highest BCUT2D eigenvalue weighted by atomic mass is 35.5. The Bertz CT molecular complexity index is 959. The predicted octanol–water partition coefficient (Wildman–Crippen LogP) is 4.82. The van der Waals surface area contributed by atoms with Crippen LogP contribution in [0.15, 0.2) is 72.8 Å². The number of nitrogens with zero attached hydrogens (tertiary/aromatic N) is 1. The molecule has 0 saturated carbocycles. The summed E-state index contributed by atoms with van der Waals surface area (Å²) >= 11 is 12.0. The Balaban J connectivity index is 1.97. The molecule has 0 aromatic heterocycles. The van der Waals surface area contributed by atoms with Gasteiger partial charge in [0.25, 0.3) is 5.91 Å². The summed E-state index contributed by atoms with van der Waals surface area (Å²) in [5.41, 5.74) is -0.00150. The molecule has 1 aliphatic rings. The van der Waals surface area contributed by atoms with Gasteiger partial charge in [0.1, 0.15) is 0 Å². The highest BCUT2D eigenvalue weighted by Gasteiger charge is 2.54. The van der Waals surface area contributed by atoms with Crippen molar-refractivity contribution < 1.29 is 15.1 Å². The van der Waals surface area contributed by atoms with Crippen LogP contribution >= 0.6 is 23.2 Å². The normalized spacial score (nSPS) is 18.9. The summed E-state index contributed by atoms with van der Waals surface area (Å²) in [6, 6.07) is 20.5. The van der Waals surface area contributed by atoms with Gasteiger partial charge in [-0.2, -0.15) is 5.06 Å². The minimum atomic E-state index is -1.98. The monoisotopic (exact) mass is 399 g/mol. The second-order valence-electron chi connectivity index (χ2n) is 6.42. The van der Waals surface area contributed by atoms with Crippen LogP contribution in [0.3, 0.4) is 0 Å². The van der Waals surface area contributed by atoms with E-state index in [9.17, 15) is 15.1 Å². The summed E-state index contributed by atoms with van der Waals surface area (Å²) in [6.45, 7) is 0. The molecule has 4 rings (SSSR count). The molecule has 0 radical (unpaired) electrons. The molecule has 3 aromatic rings. The van der Waals surface area contributed by atoms with Crippen molar-refractivity contribution in [3.8, 4) is 0 Å². The molecule has 0 fully saturated rings. The molecular weight excluding hydrogens is 385 g/mol. The van der Waals surface area contributed by atoms with E-state index in [1.807, 2.05) is 0 Å². The predicted molar refractivity (Wildman–Crippen MR) is 103 cm³/mol. The Labute approximate surface area is 166 Å². The topological polar surface area (TPSA) is 60.8 Å². The molecule has 0 aliphatic carbocycles. The summed E-state index contributed by atoms with van der Waals surface area (Å²) in [6.07, 6.45) is 0. The third kappa shape index (κ3) is 2.82. The molecule has 1 atom stereocenters. The minimum Gasteiger partial charge on any atom is -0.364 e. The highest BCUT2D eigenvalue weighted by molar-refractivity contribution is 6.30. The van der Waals surface area contributed by atoms with Crippen molar-refractivity contribution in [2.45, 2.75) is 11.6 Å². The lowest BCUT2D eigenvalue weighted by Crippen LogP contribution is -2.46. The number of fused-ring (bicyclic) bond motifs is 1. The number of carbonyl (C=O) groups excluding carboxylic acids is 1. The average Bonchev–Trinajstić information content (AvgIpc) is 2.88. The second-order valence-corrected chi connectivity index (χ2v) is 7.30. The van der Waals surface area contributed by atoms with Gasteiger partial charge >= 0.3 is 0 Å². The van der Waals surface area contributed by atoms with E-state index in [0.29, 0.717) is 31.8 Å². The van der Waals surface area contributed by atoms with Crippen LogP contribution in [0.4, 0.5) is 0 Å². The Hall–Kier alpha value is -2.37. The van der Waals surface area contributed by atoms with Gasteiger partial charge in [-0.3, -0.25) is 10.0 Å². The van der Waals surface area contributed by atoms with Gasteiger partial charge < -0.3 is 5.11 Å². The van der Waals surface area contributed by atoms with Crippen LogP contribution in [0.2, 0.25) is 10.0 Å². The van der Waals surface area contributed by atoms with E-state index >= 15 is 0 Å². The Morgan fingerprint density at radius 2 is 1.30 bits per heavy atom. The molecule has 0 spiro atoms. The van der Waals surface area contributed by atoms with Crippen LogP contribution < -0.4 is 0 Å². The first kappa shape index (κ1) is 18.0. The van der Waals surface area contributed by atoms with Gasteiger partial charge in [-0.05, 0) is 41.5 Å². The van der Waals surface area contributed by atoms with Gasteiger partial charge in [0.2, 0.25) is 5.72 Å². The number of halogens is 2. The number of benzene rings is 3. The number of carbonyl (C=O) groups is 1. The van der Waals surface area contributed by atoms with Gasteiger partial charge in [-0.25, -0.2) is 0 Å². The first-order chi connectivity index (χ1) is 12.9. The Kier molecular flexibility index (Phi) is 4.44. The van der Waals surface area contributed by atoms with Crippen LogP contribution in [0.5, 0.6) is 0 Å². The Morgan fingerprint density at radius 1 is 0.815 bits per heavy atom. The zero-order valence-electron chi connectivity index (χ0n) is 14.0. The van der Waals surface area contributed by atoms with E-state index in [1.54, 1.807) is 72.8 Å². The molecule has 1 amide bonds. The molecule has 2 N–H and O–H groups in total. The van der Waals surface area contributed by atoms with Gasteiger partial charge in [0, 0.05) is 21.2 Å². The number of amides is 1. The van der Waals surface area contributed by atoms with Gasteiger partial charge in [-0.1, -0.05) is 65.7 Å². The van der Waals surface area contributed by atoms with E-state index in [-0.39, 0.29) is 5.56 Å². The second kappa shape index (κ2) is 6.66. The molecular formula is C21H15Cl2NO3. The van der Waals surface area contributed by atoms with Crippen molar-refractivity contribution in [1.29, 1.82) is 0 Å². The first-order valence-corrected chi connectivity index (χ1v) is 9.04. The smallest absolute Gasteiger partial charge is 0.280 e. The lowest BCUT2D eigenvalue weighted by Gasteiger charge is -2.37. The molecule has 1 aliphatic heterocycles. The summed E-state index contributed by atoms with van der Waals surface area (Å²) in [5.74, 6) is -1.41. The average molecular weight is 400 g/mol. The summed E-state index contributed by atoms with van der Waals surface area (Å²) in [4.78, 5) is 12.6. The summed E-state index contributed by atoms with van der Waals surface area (Å²) < 4.78 is 0. The number of hydrogen-bond donors (Lipinski definition) is 2. The minimum absolute atomic E-state index is 0.260. The van der Waals surface area contributed by atoms with Crippen LogP contribution in [-0.4, -0.2) is 21.3 Å². The summed E-state index contributed by atoms with van der Waals surface area (Å²) in [5, 5.41) is 23.8. The molecule has 27 heavy (non-hydrogen) atoms. The van der Waals surface area contributed by atoms with Crippen LogP contribution in [0.25, 0.3) is 0 Å². The maximum atomic E-state index is 12.6. The molecule has 6 heteroatoms. The van der Waals surface area contributed by atoms with Gasteiger partial charge in [0.15, 0.2) is 0 Å². The van der Waals surface area contributed by atoms with Crippen LogP contribution in [-0.2, 0) is 5.72 Å². The van der Waals surface area contributed by atoms with Crippen molar-refractivity contribution in [3.05, 3.63) is 105 Å². The lowest BCUT2D eigenvalue weighted by molar-refractivity contribution is -0.232. The third-order valence-corrected chi connectivity index (χ3v) is 5.38. The molecule has 1 heterocycles. The number of aliphatic hydroxyl groups is 1. The Morgan fingerprint density at radius 3 is 1.81 bits per heavy atom. The quantitative estimate of drug-likeness (QED) is 0.620. The van der Waals surface area contributed by atoms with Crippen LogP contribution in [0.1, 0.15) is 33.0 Å². The number of rotatable bonds is 3. The van der Waals surface area contributed by atoms with Crippen molar-refractivity contribution in [3.63, 3.8) is 0 Å². The fraction of sp³-hybridized carbons (Fsp3) is 0.0952. The van der Waals surface area contributed by atoms with Crippen molar-refractivity contribution in [1.82, 2.24) is 5.06 Å². The zero-order valence-corrected chi connectivity index (χ0v) is 15.5. The largest absolute Gasteiger partial charge is 0.364 e. The lowest BCUT2D eigenvalue weighted by atomic mass is 9.79. The van der Waals surface area contributed by atoms with E-state index < -0.39 is 17.6 Å². The van der Waals surface area contributed by atoms with E-state index in [4.69, 9.17) is 23.2 Å². The van der Waals surface area contributed by atoms with Gasteiger partial charge in [-0.15, -0.1) is 0 Å². The maximum Gasteiger partial charge on any atom is 0.280 e. The van der Waals surface area contributed by atoms with E-state index in [0.717, 1.165) is 0 Å². The highest BCUT2D eigenvalue weighted by Crippen LogP contribution is 2.48. The van der Waals surface area contributed by atoms with E-state index in [1.165, 1.54) is 0 Å². The molecule has 3 aromatic carbocycles. The van der Waals surface area contributed by atoms with E-state index in [2.05, 4.69) is 0 Å². The standard InChI is InChI=1S/C21H15Cl2NO3/c22-15-9-5-13(6-10-15)19(14-7-11-16(23)12-8-14)21(26)18-4-2-1-3-17(18)20(25)24(21)27/h1-12,19,26-27H. The van der Waals surface area contributed by atoms with Crippen molar-refractivity contribution in [2.75, 3.05) is 0 Å². The van der Waals surface area contributed by atoms with Crippen LogP contribution in [0, 0.1) is 0 Å². The van der Waals surface area contributed by atoms with Crippen molar-refractivity contribution in [2.24, 2.45) is 0 Å². The van der Waals surface area contributed by atoms with Gasteiger partial charge in [0.05, 0.1) is 5.92 Å². The third-order valence-electron chi connectivity index (χ3n) is 4.88. The molecule has 136 valence electrons. The molecule has 0 saturated heterocycles. The molecule has 1 unspecified atom stereocenters. The fourth-order valence-electron chi connectivity index (χ4n) is 3.62.